The zero-order chi connectivity index (χ0) is 23.9. The molecule has 34 heavy (non-hydrogen) atoms. The van der Waals surface area contributed by atoms with Gasteiger partial charge in [-0.1, -0.05) is 18.2 Å². The fourth-order valence-corrected chi connectivity index (χ4v) is 4.21. The number of methoxy groups -OCH3 is 1. The molecule has 0 unspecified atom stereocenters. The summed E-state index contributed by atoms with van der Waals surface area (Å²) >= 11 is 11.8. The highest BCUT2D eigenvalue weighted by Gasteiger charge is 2.15. The average Bonchev–Trinajstić information content (AvgIpc) is 2.88. The van der Waals surface area contributed by atoms with E-state index in [0.29, 0.717) is 36.1 Å². The summed E-state index contributed by atoms with van der Waals surface area (Å²) in [5, 5.41) is 3.82. The normalized spacial score (nSPS) is 10.8. The van der Waals surface area contributed by atoms with Gasteiger partial charge in [-0.25, -0.2) is 4.98 Å². The molecule has 1 amide bonds. The van der Waals surface area contributed by atoms with E-state index in [1.807, 2.05) is 78.9 Å². The van der Waals surface area contributed by atoms with Gasteiger partial charge < -0.3 is 15.0 Å². The van der Waals surface area contributed by atoms with Crippen molar-refractivity contribution in [1.29, 1.82) is 0 Å². The molecule has 1 N–H and O–H groups in total. The van der Waals surface area contributed by atoms with Crippen LogP contribution < -0.4 is 15.0 Å². The summed E-state index contributed by atoms with van der Waals surface area (Å²) in [5.74, 6) is 1.60. The Morgan fingerprint density at radius 3 is 2.26 bits per heavy atom. The number of aromatic nitrogens is 1. The largest absolute Gasteiger partial charge is 0.497 e. The fourth-order valence-electron chi connectivity index (χ4n) is 3.80. The first-order valence-corrected chi connectivity index (χ1v) is 12.0. The molecule has 0 radical (unpaired) electrons. The molecule has 4 aromatic rings. The Hall–Kier alpha value is -3.28. The Bertz CT molecular complexity index is 1260. The predicted molar refractivity (Wildman–Crippen MR) is 142 cm³/mol. The maximum Gasteiger partial charge on any atom is 0.256 e. The molecule has 174 valence electrons. The Balaban J connectivity index is 1.63. The summed E-state index contributed by atoms with van der Waals surface area (Å²) < 4.78 is 5.25. The van der Waals surface area contributed by atoms with E-state index in [0.717, 1.165) is 33.6 Å². The topological polar surface area (TPSA) is 54.5 Å². The Labute approximate surface area is 209 Å². The van der Waals surface area contributed by atoms with Gasteiger partial charge in [-0.2, -0.15) is 0 Å². The first-order valence-electron chi connectivity index (χ1n) is 11.0. The maximum absolute atomic E-state index is 13.3. The monoisotopic (exact) mass is 493 g/mol. The van der Waals surface area contributed by atoms with Crippen LogP contribution in [0.15, 0.2) is 78.9 Å². The third-order valence-corrected chi connectivity index (χ3v) is 5.88. The number of amides is 1. The van der Waals surface area contributed by atoms with Crippen LogP contribution in [0.4, 0.5) is 11.4 Å². The zero-order valence-corrected chi connectivity index (χ0v) is 20.3. The third-order valence-electron chi connectivity index (χ3n) is 5.55. The van der Waals surface area contributed by atoms with E-state index in [4.69, 9.17) is 32.9 Å². The lowest BCUT2D eigenvalue weighted by Gasteiger charge is -2.23. The molecule has 4 rings (SSSR count). The molecule has 0 atom stereocenters. The number of nitrogens with zero attached hydrogens (tertiary/aromatic N) is 2. The number of hydrogen-bond donors (Lipinski definition) is 1. The molecular weight excluding hydrogens is 469 g/mol. The molecule has 1 aromatic heterocycles. The highest BCUT2D eigenvalue weighted by atomic mass is 35.5. The predicted octanol–water partition coefficient (Wildman–Crippen LogP) is 6.45. The van der Waals surface area contributed by atoms with E-state index in [9.17, 15) is 4.79 Å². The first-order chi connectivity index (χ1) is 16.6. The smallest absolute Gasteiger partial charge is 0.256 e. The summed E-state index contributed by atoms with van der Waals surface area (Å²) in [6.07, 6.45) is 0. The Morgan fingerprint density at radius 2 is 1.62 bits per heavy atom. The van der Waals surface area contributed by atoms with Crippen LogP contribution >= 0.6 is 23.2 Å². The molecule has 7 heteroatoms. The van der Waals surface area contributed by atoms with E-state index < -0.39 is 0 Å². The van der Waals surface area contributed by atoms with E-state index in [2.05, 4.69) is 10.2 Å². The minimum Gasteiger partial charge on any atom is -0.497 e. The Kier molecular flexibility index (Phi) is 7.88. The second-order valence-corrected chi connectivity index (χ2v) is 8.42. The van der Waals surface area contributed by atoms with Gasteiger partial charge in [0.05, 0.1) is 23.9 Å². The molecule has 0 saturated carbocycles. The average molecular weight is 494 g/mol. The number of halogens is 2. The number of benzene rings is 3. The van der Waals surface area contributed by atoms with Crippen molar-refractivity contribution in [3.05, 3.63) is 84.4 Å². The number of ether oxygens (including phenoxy) is 1. The summed E-state index contributed by atoms with van der Waals surface area (Å²) in [5.41, 5.74) is 4.66. The number of nitrogens with one attached hydrogen (secondary N) is 1. The molecule has 1 heterocycles. The van der Waals surface area contributed by atoms with Crippen molar-refractivity contribution in [2.45, 2.75) is 0 Å². The number of anilines is 2. The van der Waals surface area contributed by atoms with Gasteiger partial charge in [-0.3, -0.25) is 4.79 Å². The van der Waals surface area contributed by atoms with Crippen molar-refractivity contribution in [1.82, 2.24) is 4.98 Å². The second kappa shape index (κ2) is 11.2. The zero-order valence-electron chi connectivity index (χ0n) is 18.8. The van der Waals surface area contributed by atoms with Crippen LogP contribution in [0.3, 0.4) is 0 Å². The lowest BCUT2D eigenvalue weighted by Crippen LogP contribution is -2.27. The number of pyridine rings is 1. The van der Waals surface area contributed by atoms with Crippen molar-refractivity contribution in [2.24, 2.45) is 0 Å². The van der Waals surface area contributed by atoms with E-state index in [-0.39, 0.29) is 5.91 Å². The van der Waals surface area contributed by atoms with Crippen molar-refractivity contribution in [3.8, 4) is 17.0 Å². The van der Waals surface area contributed by atoms with Crippen LogP contribution in [0.1, 0.15) is 10.4 Å². The molecule has 5 nitrogen and oxygen atoms in total. The van der Waals surface area contributed by atoms with Gasteiger partial charge in [0.1, 0.15) is 5.75 Å². The van der Waals surface area contributed by atoms with Gasteiger partial charge in [0.2, 0.25) is 0 Å². The third kappa shape index (κ3) is 5.44. The van der Waals surface area contributed by atoms with Gasteiger partial charge in [0, 0.05) is 47.2 Å². The number of alkyl halides is 2. The SMILES string of the molecule is COc1ccc(-c2cc(C(=O)Nc3ccc(N(CCCl)CCCl)cc3)c3ccccc3n2)cc1. The van der Waals surface area contributed by atoms with Crippen LogP contribution in [0, 0.1) is 0 Å². The number of hydrogen-bond acceptors (Lipinski definition) is 4. The van der Waals surface area contributed by atoms with Crippen molar-refractivity contribution in [2.75, 3.05) is 42.2 Å². The number of carbonyl (C=O) groups excluding carboxylic acids is 1. The second-order valence-electron chi connectivity index (χ2n) is 7.67. The highest BCUT2D eigenvalue weighted by molar-refractivity contribution is 6.18. The molecule has 0 spiro atoms. The lowest BCUT2D eigenvalue weighted by atomic mass is 10.0. The number of fused-ring (bicyclic) bond motifs is 1. The number of rotatable bonds is 9. The molecule has 3 aromatic carbocycles. The minimum atomic E-state index is -0.195. The van der Waals surface area contributed by atoms with Gasteiger partial charge in [-0.15, -0.1) is 23.2 Å². The lowest BCUT2D eigenvalue weighted by molar-refractivity contribution is 0.102. The highest BCUT2D eigenvalue weighted by Crippen LogP contribution is 2.27. The molecule has 0 aliphatic heterocycles. The van der Waals surface area contributed by atoms with E-state index in [1.54, 1.807) is 7.11 Å². The molecule has 0 saturated heterocycles. The van der Waals surface area contributed by atoms with Crippen LogP contribution in [-0.4, -0.2) is 42.9 Å². The fraction of sp³-hybridized carbons (Fsp3) is 0.185. The Morgan fingerprint density at radius 1 is 0.941 bits per heavy atom. The van der Waals surface area contributed by atoms with E-state index >= 15 is 0 Å². The molecule has 0 fully saturated rings. The van der Waals surface area contributed by atoms with Crippen LogP contribution in [0.2, 0.25) is 0 Å². The van der Waals surface area contributed by atoms with Crippen LogP contribution in [0.25, 0.3) is 22.2 Å². The summed E-state index contributed by atoms with van der Waals surface area (Å²) in [7, 11) is 1.63. The summed E-state index contributed by atoms with van der Waals surface area (Å²) in [6.45, 7) is 1.41. The van der Waals surface area contributed by atoms with Gasteiger partial charge in [-0.05, 0) is 60.7 Å². The maximum atomic E-state index is 13.3. The minimum absolute atomic E-state index is 0.195. The molecular formula is C27H25Cl2N3O2. The van der Waals surface area contributed by atoms with Gasteiger partial charge >= 0.3 is 0 Å². The van der Waals surface area contributed by atoms with Crippen molar-refractivity contribution in [3.63, 3.8) is 0 Å². The first kappa shape index (κ1) is 23.9. The molecule has 0 aliphatic rings. The van der Waals surface area contributed by atoms with Crippen LogP contribution in [-0.2, 0) is 0 Å². The number of para-hydroxylation sites is 1. The standard InChI is InChI=1S/C27H25Cl2N3O2/c1-34-22-12-6-19(7-13-22)26-18-24(23-4-2-3-5-25(23)31-26)27(33)30-20-8-10-21(11-9-20)32(16-14-28)17-15-29/h2-13,18H,14-17H2,1H3,(H,30,33). The molecule has 0 aliphatic carbocycles. The van der Waals surface area contributed by atoms with Crippen molar-refractivity contribution < 1.29 is 9.53 Å². The van der Waals surface area contributed by atoms with Gasteiger partial charge in [0.25, 0.3) is 5.91 Å². The number of carbonyl (C=O) groups is 1. The van der Waals surface area contributed by atoms with Crippen molar-refractivity contribution >= 4 is 51.4 Å². The summed E-state index contributed by atoms with van der Waals surface area (Å²) in [6, 6.07) is 24.8. The van der Waals surface area contributed by atoms with Crippen LogP contribution in [0.5, 0.6) is 5.75 Å². The summed E-state index contributed by atoms with van der Waals surface area (Å²) in [4.78, 5) is 20.2. The molecule has 0 bridgehead atoms. The quantitative estimate of drug-likeness (QED) is 0.272. The van der Waals surface area contributed by atoms with E-state index in [1.165, 1.54) is 0 Å². The van der Waals surface area contributed by atoms with Gasteiger partial charge in [0.15, 0.2) is 0 Å².